The fraction of sp³-hybridized carbons (Fsp3) is 0.300. The quantitative estimate of drug-likeness (QED) is 0.625. The minimum atomic E-state index is 1.06. The molecule has 0 bridgehead atoms. The fourth-order valence-electron chi connectivity index (χ4n) is 1.50. The van der Waals surface area contributed by atoms with Gasteiger partial charge < -0.3 is 0 Å². The highest BCUT2D eigenvalue weighted by Crippen LogP contribution is 2.12. The molecule has 0 aliphatic carbocycles. The lowest BCUT2D eigenvalue weighted by Crippen LogP contribution is -1.89. The van der Waals surface area contributed by atoms with E-state index in [9.17, 15) is 0 Å². The zero-order valence-electron chi connectivity index (χ0n) is 7.41. The van der Waals surface area contributed by atoms with Gasteiger partial charge in [-0.3, -0.25) is 0 Å². The molecule has 2 aromatic heterocycles. The van der Waals surface area contributed by atoms with Gasteiger partial charge in [0.05, 0.1) is 11.2 Å². The third-order valence-corrected chi connectivity index (χ3v) is 2.09. The SMILES string of the molecule is CCc1cccn2nc(C)cc12. The Labute approximate surface area is 71.8 Å². The van der Waals surface area contributed by atoms with E-state index in [4.69, 9.17) is 0 Å². The number of hydrogen-bond acceptors (Lipinski definition) is 1. The number of rotatable bonds is 1. The summed E-state index contributed by atoms with van der Waals surface area (Å²) in [4.78, 5) is 0. The Balaban J connectivity index is 2.78. The minimum Gasteiger partial charge on any atom is -0.240 e. The van der Waals surface area contributed by atoms with E-state index in [1.54, 1.807) is 0 Å². The van der Waals surface area contributed by atoms with Gasteiger partial charge in [0.2, 0.25) is 0 Å². The van der Waals surface area contributed by atoms with Crippen LogP contribution in [0, 0.1) is 6.92 Å². The summed E-state index contributed by atoms with van der Waals surface area (Å²) in [6.45, 7) is 4.18. The molecule has 0 aromatic carbocycles. The van der Waals surface area contributed by atoms with Gasteiger partial charge in [0, 0.05) is 6.20 Å². The largest absolute Gasteiger partial charge is 0.240 e. The van der Waals surface area contributed by atoms with Crippen molar-refractivity contribution in [1.82, 2.24) is 9.61 Å². The Morgan fingerprint density at radius 3 is 3.08 bits per heavy atom. The second kappa shape index (κ2) is 2.63. The van der Waals surface area contributed by atoms with E-state index in [-0.39, 0.29) is 0 Å². The van der Waals surface area contributed by atoms with Crippen molar-refractivity contribution in [2.24, 2.45) is 0 Å². The summed E-state index contributed by atoms with van der Waals surface area (Å²) in [7, 11) is 0. The van der Waals surface area contributed by atoms with Crippen molar-refractivity contribution in [2.45, 2.75) is 20.3 Å². The molecule has 0 aliphatic heterocycles. The Morgan fingerprint density at radius 1 is 1.50 bits per heavy atom. The van der Waals surface area contributed by atoms with Crippen LogP contribution in [0.1, 0.15) is 18.2 Å². The van der Waals surface area contributed by atoms with Crippen molar-refractivity contribution in [3.63, 3.8) is 0 Å². The second-order valence-electron chi connectivity index (χ2n) is 3.00. The Morgan fingerprint density at radius 2 is 2.33 bits per heavy atom. The average Bonchev–Trinajstić information content (AvgIpc) is 2.44. The van der Waals surface area contributed by atoms with Crippen LogP contribution in [0.3, 0.4) is 0 Å². The highest BCUT2D eigenvalue weighted by atomic mass is 15.2. The number of pyridine rings is 1. The lowest BCUT2D eigenvalue weighted by Gasteiger charge is -1.98. The molecule has 2 aromatic rings. The first-order chi connectivity index (χ1) is 5.81. The van der Waals surface area contributed by atoms with Gasteiger partial charge in [-0.15, -0.1) is 0 Å². The topological polar surface area (TPSA) is 17.3 Å². The van der Waals surface area contributed by atoms with Crippen LogP contribution in [-0.2, 0) is 6.42 Å². The molecule has 2 nitrogen and oxygen atoms in total. The van der Waals surface area contributed by atoms with Gasteiger partial charge in [0.15, 0.2) is 0 Å². The van der Waals surface area contributed by atoms with Crippen LogP contribution in [0.5, 0.6) is 0 Å². The molecule has 2 heterocycles. The van der Waals surface area contributed by atoms with Crippen LogP contribution < -0.4 is 0 Å². The van der Waals surface area contributed by atoms with E-state index in [2.05, 4.69) is 24.2 Å². The van der Waals surface area contributed by atoms with Crippen LogP contribution in [0.2, 0.25) is 0 Å². The van der Waals surface area contributed by atoms with Crippen LogP contribution in [0.25, 0.3) is 5.52 Å². The Kier molecular flexibility index (Phi) is 1.61. The van der Waals surface area contributed by atoms with Gasteiger partial charge in [0.1, 0.15) is 0 Å². The molecule has 0 spiro atoms. The van der Waals surface area contributed by atoms with Crippen molar-refractivity contribution in [3.8, 4) is 0 Å². The maximum Gasteiger partial charge on any atom is 0.0696 e. The number of hydrogen-bond donors (Lipinski definition) is 0. The lowest BCUT2D eigenvalue weighted by atomic mass is 10.2. The smallest absolute Gasteiger partial charge is 0.0696 e. The Hall–Kier alpha value is -1.31. The van der Waals surface area contributed by atoms with Crippen molar-refractivity contribution < 1.29 is 0 Å². The first-order valence-electron chi connectivity index (χ1n) is 4.25. The first kappa shape index (κ1) is 7.35. The standard InChI is InChI=1S/C10H12N2/c1-3-9-5-4-6-12-10(9)7-8(2)11-12/h4-7H,3H2,1-2H3. The molecule has 2 rings (SSSR count). The summed E-state index contributed by atoms with van der Waals surface area (Å²) in [6.07, 6.45) is 3.05. The highest BCUT2D eigenvalue weighted by Gasteiger charge is 2.00. The van der Waals surface area contributed by atoms with E-state index < -0.39 is 0 Å². The molecule has 0 saturated heterocycles. The van der Waals surface area contributed by atoms with Crippen molar-refractivity contribution in [1.29, 1.82) is 0 Å². The van der Waals surface area contributed by atoms with Crippen LogP contribution >= 0.6 is 0 Å². The molecular formula is C10H12N2. The van der Waals surface area contributed by atoms with E-state index in [1.807, 2.05) is 23.7 Å². The molecule has 0 saturated carbocycles. The summed E-state index contributed by atoms with van der Waals surface area (Å²) < 4.78 is 1.94. The third kappa shape index (κ3) is 0.998. The fourth-order valence-corrected chi connectivity index (χ4v) is 1.50. The van der Waals surface area contributed by atoms with Crippen molar-refractivity contribution >= 4 is 5.52 Å². The summed E-state index contributed by atoms with van der Waals surface area (Å²) in [5.41, 5.74) is 3.67. The summed E-state index contributed by atoms with van der Waals surface area (Å²) in [6, 6.07) is 6.31. The third-order valence-electron chi connectivity index (χ3n) is 2.09. The van der Waals surface area contributed by atoms with E-state index in [1.165, 1.54) is 11.1 Å². The molecular weight excluding hydrogens is 148 g/mol. The molecule has 2 heteroatoms. The minimum absolute atomic E-state index is 1.06. The van der Waals surface area contributed by atoms with Crippen LogP contribution in [0.15, 0.2) is 24.4 Å². The summed E-state index contributed by atoms with van der Waals surface area (Å²) >= 11 is 0. The van der Waals surface area contributed by atoms with Gasteiger partial charge in [-0.1, -0.05) is 13.0 Å². The number of aryl methyl sites for hydroxylation is 2. The predicted octanol–water partition coefficient (Wildman–Crippen LogP) is 2.21. The second-order valence-corrected chi connectivity index (χ2v) is 3.00. The van der Waals surface area contributed by atoms with Gasteiger partial charge in [-0.25, -0.2) is 4.52 Å². The zero-order valence-corrected chi connectivity index (χ0v) is 7.41. The molecule has 0 fully saturated rings. The molecule has 0 unspecified atom stereocenters. The van der Waals surface area contributed by atoms with Crippen molar-refractivity contribution in [3.05, 3.63) is 35.7 Å². The van der Waals surface area contributed by atoms with Gasteiger partial charge >= 0.3 is 0 Å². The maximum absolute atomic E-state index is 4.34. The molecule has 12 heavy (non-hydrogen) atoms. The maximum atomic E-state index is 4.34. The van der Waals surface area contributed by atoms with Crippen LogP contribution in [-0.4, -0.2) is 9.61 Å². The van der Waals surface area contributed by atoms with Crippen LogP contribution in [0.4, 0.5) is 0 Å². The molecule has 0 aliphatic rings. The molecule has 0 N–H and O–H groups in total. The van der Waals surface area contributed by atoms with Crippen molar-refractivity contribution in [2.75, 3.05) is 0 Å². The highest BCUT2D eigenvalue weighted by molar-refractivity contribution is 5.54. The van der Waals surface area contributed by atoms with Gasteiger partial charge in [-0.2, -0.15) is 5.10 Å². The molecule has 0 radical (unpaired) electrons. The number of aromatic nitrogens is 2. The zero-order chi connectivity index (χ0) is 8.55. The number of nitrogens with zero attached hydrogens (tertiary/aromatic N) is 2. The molecule has 62 valence electrons. The normalized spacial score (nSPS) is 10.8. The van der Waals surface area contributed by atoms with Gasteiger partial charge in [0.25, 0.3) is 0 Å². The Bertz CT molecular complexity index is 401. The lowest BCUT2D eigenvalue weighted by molar-refractivity contribution is 0.924. The molecule has 0 amide bonds. The first-order valence-corrected chi connectivity index (χ1v) is 4.25. The van der Waals surface area contributed by atoms with Gasteiger partial charge in [-0.05, 0) is 31.0 Å². The molecule has 0 atom stereocenters. The average molecular weight is 160 g/mol. The van der Waals surface area contributed by atoms with E-state index >= 15 is 0 Å². The summed E-state index contributed by atoms with van der Waals surface area (Å²) in [5.74, 6) is 0. The van der Waals surface area contributed by atoms with E-state index in [0.29, 0.717) is 0 Å². The monoisotopic (exact) mass is 160 g/mol. The predicted molar refractivity (Wildman–Crippen MR) is 49.3 cm³/mol. The van der Waals surface area contributed by atoms with E-state index in [0.717, 1.165) is 12.1 Å². The summed E-state index contributed by atoms with van der Waals surface area (Å²) in [5, 5.41) is 4.34. The number of fused-ring (bicyclic) bond motifs is 1.